The van der Waals surface area contributed by atoms with Gasteiger partial charge in [0.05, 0.1) is 12.5 Å². The number of benzene rings is 2. The summed E-state index contributed by atoms with van der Waals surface area (Å²) in [6.45, 7) is 3.51. The fourth-order valence-electron chi connectivity index (χ4n) is 2.71. The highest BCUT2D eigenvalue weighted by Gasteiger charge is 2.13. The molecule has 0 N–H and O–H groups in total. The van der Waals surface area contributed by atoms with Crippen LogP contribution in [0.2, 0.25) is 0 Å². The molecule has 0 amide bonds. The minimum atomic E-state index is -0.316. The van der Waals surface area contributed by atoms with Crippen molar-refractivity contribution < 1.29 is 8.83 Å². The van der Waals surface area contributed by atoms with Crippen molar-refractivity contribution in [3.63, 3.8) is 0 Å². The van der Waals surface area contributed by atoms with Crippen molar-refractivity contribution in [1.82, 2.24) is 0 Å². The predicted octanol–water partition coefficient (Wildman–Crippen LogP) is 5.88. The second kappa shape index (κ2) is 10.4. The summed E-state index contributed by atoms with van der Waals surface area (Å²) in [6.07, 6.45) is 7.15. The van der Waals surface area contributed by atoms with Gasteiger partial charge in [0.25, 0.3) is 0 Å². The van der Waals surface area contributed by atoms with Gasteiger partial charge in [-0.25, -0.2) is 0 Å². The van der Waals surface area contributed by atoms with E-state index in [1.54, 1.807) is 18.6 Å². The van der Waals surface area contributed by atoms with Crippen LogP contribution in [0.3, 0.4) is 0 Å². The van der Waals surface area contributed by atoms with Crippen molar-refractivity contribution in [3.8, 4) is 0 Å². The molecule has 0 bridgehead atoms. The third-order valence-corrected chi connectivity index (χ3v) is 6.56. The molecule has 0 aliphatic heterocycles. The number of hydrogen-bond acceptors (Lipinski definition) is 2. The Balaban J connectivity index is 0.000000253. The second-order valence-electron chi connectivity index (χ2n) is 5.87. The van der Waals surface area contributed by atoms with Crippen LogP contribution in [0, 0.1) is 0 Å². The standard InChI is InChI=1S/C18H17OP.C6H6O/c1-3-9-17(10-4-1)20(18-11-5-2-6-12-18)15-13-16-8-7-14-19-16;1-2-6-4-3-5-7-6/h1-12,14H,13,15H2;2-5H,1H2. The van der Waals surface area contributed by atoms with Gasteiger partial charge in [-0.1, -0.05) is 67.2 Å². The Morgan fingerprint density at radius 2 is 1.30 bits per heavy atom. The molecule has 2 nitrogen and oxygen atoms in total. The lowest BCUT2D eigenvalue weighted by Crippen LogP contribution is -2.14. The van der Waals surface area contributed by atoms with Crippen LogP contribution in [0.25, 0.3) is 6.08 Å². The van der Waals surface area contributed by atoms with E-state index in [0.717, 1.165) is 24.1 Å². The van der Waals surface area contributed by atoms with Crippen LogP contribution in [-0.4, -0.2) is 6.16 Å². The molecule has 2 aromatic heterocycles. The van der Waals surface area contributed by atoms with E-state index < -0.39 is 0 Å². The minimum absolute atomic E-state index is 0.316. The largest absolute Gasteiger partial charge is 0.469 e. The number of furan rings is 2. The SMILES string of the molecule is C=Cc1ccco1.c1ccc(P(CCc2ccco2)c2ccccc2)cc1. The molecule has 2 heterocycles. The maximum atomic E-state index is 5.47. The van der Waals surface area contributed by atoms with Gasteiger partial charge in [-0.05, 0) is 55.0 Å². The van der Waals surface area contributed by atoms with E-state index in [2.05, 4.69) is 73.3 Å². The van der Waals surface area contributed by atoms with Crippen LogP contribution < -0.4 is 10.6 Å². The Bertz CT molecular complexity index is 843. The summed E-state index contributed by atoms with van der Waals surface area (Å²) in [5, 5.41) is 2.86. The molecule has 0 radical (unpaired) electrons. The van der Waals surface area contributed by atoms with Gasteiger partial charge in [0.15, 0.2) is 0 Å². The lowest BCUT2D eigenvalue weighted by atomic mass is 10.4. The summed E-state index contributed by atoms with van der Waals surface area (Å²) < 4.78 is 10.3. The van der Waals surface area contributed by atoms with Gasteiger partial charge in [-0.15, -0.1) is 0 Å². The lowest BCUT2D eigenvalue weighted by molar-refractivity contribution is 0.517. The minimum Gasteiger partial charge on any atom is -0.469 e. The first kappa shape index (κ1) is 18.9. The topological polar surface area (TPSA) is 26.3 Å². The predicted molar refractivity (Wildman–Crippen MR) is 115 cm³/mol. The number of hydrogen-bond donors (Lipinski definition) is 0. The highest BCUT2D eigenvalue weighted by molar-refractivity contribution is 7.73. The molecule has 0 atom stereocenters. The Hall–Kier alpha value is -2.83. The summed E-state index contributed by atoms with van der Waals surface area (Å²) in [4.78, 5) is 0. The van der Waals surface area contributed by atoms with Gasteiger partial charge >= 0.3 is 0 Å². The van der Waals surface area contributed by atoms with Gasteiger partial charge in [-0.2, -0.15) is 0 Å². The van der Waals surface area contributed by atoms with Gasteiger partial charge < -0.3 is 8.83 Å². The smallest absolute Gasteiger partial charge is 0.126 e. The second-order valence-corrected chi connectivity index (χ2v) is 8.21. The maximum absolute atomic E-state index is 5.47. The zero-order valence-corrected chi connectivity index (χ0v) is 16.1. The normalized spacial score (nSPS) is 10.3. The third kappa shape index (κ3) is 5.84. The quantitative estimate of drug-likeness (QED) is 0.394. The monoisotopic (exact) mass is 374 g/mol. The Morgan fingerprint density at radius 3 is 1.74 bits per heavy atom. The van der Waals surface area contributed by atoms with Crippen LogP contribution in [0.1, 0.15) is 11.5 Å². The van der Waals surface area contributed by atoms with Crippen LogP contribution in [-0.2, 0) is 6.42 Å². The van der Waals surface area contributed by atoms with Crippen molar-refractivity contribution >= 4 is 24.6 Å². The fraction of sp³-hybridized carbons (Fsp3) is 0.0833. The molecule has 0 aliphatic carbocycles. The highest BCUT2D eigenvalue weighted by Crippen LogP contribution is 2.34. The maximum Gasteiger partial charge on any atom is 0.126 e. The summed E-state index contributed by atoms with van der Waals surface area (Å²) in [5.74, 6) is 1.89. The summed E-state index contributed by atoms with van der Waals surface area (Å²) in [6, 6.07) is 29.3. The van der Waals surface area contributed by atoms with Gasteiger partial charge in [0.2, 0.25) is 0 Å². The Morgan fingerprint density at radius 1 is 0.704 bits per heavy atom. The first-order chi connectivity index (χ1) is 13.4. The fourth-order valence-corrected chi connectivity index (χ4v) is 5.03. The average Bonchev–Trinajstić information content (AvgIpc) is 3.44. The van der Waals surface area contributed by atoms with Crippen LogP contribution >= 0.6 is 7.92 Å². The van der Waals surface area contributed by atoms with Gasteiger partial charge in [0, 0.05) is 6.42 Å². The first-order valence-corrected chi connectivity index (χ1v) is 10.5. The van der Waals surface area contributed by atoms with Crippen LogP contribution in [0.5, 0.6) is 0 Å². The molecule has 136 valence electrons. The van der Waals surface area contributed by atoms with E-state index >= 15 is 0 Å². The number of rotatable bonds is 6. The molecule has 4 aromatic rings. The summed E-state index contributed by atoms with van der Waals surface area (Å²) >= 11 is 0. The molecule has 0 unspecified atom stereocenters. The molecule has 0 saturated heterocycles. The van der Waals surface area contributed by atoms with Crippen LogP contribution in [0.15, 0.2) is 113 Å². The van der Waals surface area contributed by atoms with Crippen LogP contribution in [0.4, 0.5) is 0 Å². The van der Waals surface area contributed by atoms with Crippen molar-refractivity contribution in [2.45, 2.75) is 6.42 Å². The van der Waals surface area contributed by atoms with Crippen molar-refractivity contribution in [3.05, 3.63) is 116 Å². The molecule has 2 aromatic carbocycles. The summed E-state index contributed by atoms with van der Waals surface area (Å²) in [5.41, 5.74) is 0. The molecule has 0 saturated carbocycles. The first-order valence-electron chi connectivity index (χ1n) is 8.93. The summed E-state index contributed by atoms with van der Waals surface area (Å²) in [7, 11) is -0.316. The molecular formula is C24H23O2P. The van der Waals surface area contributed by atoms with E-state index in [4.69, 9.17) is 8.83 Å². The van der Waals surface area contributed by atoms with Crippen molar-refractivity contribution in [2.24, 2.45) is 0 Å². The Labute approximate surface area is 161 Å². The molecule has 4 rings (SSSR count). The van der Waals surface area contributed by atoms with Crippen molar-refractivity contribution in [2.75, 3.05) is 6.16 Å². The molecule has 3 heteroatoms. The van der Waals surface area contributed by atoms with E-state index in [1.165, 1.54) is 10.6 Å². The van der Waals surface area contributed by atoms with E-state index in [9.17, 15) is 0 Å². The average molecular weight is 374 g/mol. The van der Waals surface area contributed by atoms with E-state index in [0.29, 0.717) is 0 Å². The number of aryl methyl sites for hydroxylation is 1. The molecule has 0 fully saturated rings. The van der Waals surface area contributed by atoms with E-state index in [-0.39, 0.29) is 7.92 Å². The lowest BCUT2D eigenvalue weighted by Gasteiger charge is -2.18. The Kier molecular flexibility index (Phi) is 7.26. The zero-order chi connectivity index (χ0) is 18.7. The molecule has 27 heavy (non-hydrogen) atoms. The van der Waals surface area contributed by atoms with Crippen molar-refractivity contribution in [1.29, 1.82) is 0 Å². The zero-order valence-electron chi connectivity index (χ0n) is 15.2. The van der Waals surface area contributed by atoms with Gasteiger partial charge in [0.1, 0.15) is 11.5 Å². The molecule has 0 aliphatic rings. The molecule has 0 spiro atoms. The third-order valence-electron chi connectivity index (χ3n) is 4.04. The molecular weight excluding hydrogens is 351 g/mol. The van der Waals surface area contributed by atoms with E-state index in [1.807, 2.05) is 18.2 Å². The van der Waals surface area contributed by atoms with Gasteiger partial charge in [-0.3, -0.25) is 0 Å². The highest BCUT2D eigenvalue weighted by atomic mass is 31.1.